The van der Waals surface area contributed by atoms with Gasteiger partial charge in [-0.25, -0.2) is 8.42 Å². The van der Waals surface area contributed by atoms with Crippen molar-refractivity contribution in [3.8, 4) is 0 Å². The lowest BCUT2D eigenvalue weighted by Gasteiger charge is -2.31. The molecule has 2 rings (SSSR count). The molecule has 1 aliphatic heterocycles. The van der Waals surface area contributed by atoms with E-state index in [-0.39, 0.29) is 16.3 Å². The van der Waals surface area contributed by atoms with Crippen LogP contribution < -0.4 is 5.32 Å². The summed E-state index contributed by atoms with van der Waals surface area (Å²) in [6.45, 7) is 8.24. The second-order valence-electron chi connectivity index (χ2n) is 6.93. The van der Waals surface area contributed by atoms with Crippen LogP contribution in [0.15, 0.2) is 29.2 Å². The molecule has 7 heteroatoms. The molecule has 0 aromatic heterocycles. The van der Waals surface area contributed by atoms with E-state index in [1.165, 1.54) is 10.4 Å². The van der Waals surface area contributed by atoms with Gasteiger partial charge in [0.1, 0.15) is 0 Å². The van der Waals surface area contributed by atoms with E-state index in [9.17, 15) is 13.2 Å². The quantitative estimate of drug-likeness (QED) is 0.872. The molecule has 0 bridgehead atoms. The molecule has 1 fully saturated rings. The molecule has 1 aromatic carbocycles. The van der Waals surface area contributed by atoms with Gasteiger partial charge in [0.2, 0.25) is 10.0 Å². The van der Waals surface area contributed by atoms with Crippen LogP contribution in [0.2, 0.25) is 0 Å². The van der Waals surface area contributed by atoms with Gasteiger partial charge in [0.15, 0.2) is 0 Å². The number of carbonyl (C=O) groups is 1. The first kappa shape index (κ1) is 18.9. The minimum Gasteiger partial charge on any atom is -0.347 e. The largest absolute Gasteiger partial charge is 0.347 e. The summed E-state index contributed by atoms with van der Waals surface area (Å²) in [6, 6.07) is 6.28. The summed E-state index contributed by atoms with van der Waals surface area (Å²) in [5, 5.41) is 2.93. The molecule has 0 radical (unpaired) electrons. The second kappa shape index (κ2) is 7.21. The zero-order valence-corrected chi connectivity index (χ0v) is 15.7. The minimum absolute atomic E-state index is 0.175. The number of piperazine rings is 1. The maximum atomic E-state index is 12.8. The maximum absolute atomic E-state index is 12.8. The summed E-state index contributed by atoms with van der Waals surface area (Å²) in [6.07, 6.45) is 0.790. The van der Waals surface area contributed by atoms with Crippen molar-refractivity contribution in [2.75, 3.05) is 33.2 Å². The Morgan fingerprint density at radius 3 is 2.42 bits per heavy atom. The van der Waals surface area contributed by atoms with Crippen molar-refractivity contribution in [3.05, 3.63) is 29.8 Å². The highest BCUT2D eigenvalue weighted by Gasteiger charge is 2.28. The lowest BCUT2D eigenvalue weighted by atomic mass is 10.0. The fourth-order valence-electron chi connectivity index (χ4n) is 2.44. The van der Waals surface area contributed by atoms with Crippen LogP contribution in [0.4, 0.5) is 0 Å². The van der Waals surface area contributed by atoms with Crippen molar-refractivity contribution in [3.63, 3.8) is 0 Å². The smallest absolute Gasteiger partial charge is 0.251 e. The van der Waals surface area contributed by atoms with Gasteiger partial charge < -0.3 is 10.2 Å². The third kappa shape index (κ3) is 4.34. The van der Waals surface area contributed by atoms with E-state index in [1.807, 2.05) is 27.8 Å². The van der Waals surface area contributed by atoms with Crippen molar-refractivity contribution in [2.24, 2.45) is 0 Å². The zero-order chi connectivity index (χ0) is 18.0. The Bertz CT molecular complexity index is 693. The highest BCUT2D eigenvalue weighted by atomic mass is 32.2. The van der Waals surface area contributed by atoms with Gasteiger partial charge in [-0.15, -0.1) is 0 Å². The molecular formula is C17H27N3O3S. The zero-order valence-electron chi connectivity index (χ0n) is 14.9. The molecule has 0 unspecified atom stereocenters. The summed E-state index contributed by atoms with van der Waals surface area (Å²) in [7, 11) is -1.59. The van der Waals surface area contributed by atoms with Crippen LogP contribution in [0.25, 0.3) is 0 Å². The number of carbonyl (C=O) groups excluding carboxylic acids is 1. The van der Waals surface area contributed by atoms with Crippen LogP contribution in [0.1, 0.15) is 37.6 Å². The average molecular weight is 353 g/mol. The Morgan fingerprint density at radius 2 is 1.83 bits per heavy atom. The van der Waals surface area contributed by atoms with Gasteiger partial charge in [0.05, 0.1) is 4.90 Å². The summed E-state index contributed by atoms with van der Waals surface area (Å²) >= 11 is 0. The van der Waals surface area contributed by atoms with Gasteiger partial charge in [-0.3, -0.25) is 4.79 Å². The molecule has 1 saturated heterocycles. The molecule has 0 saturated carbocycles. The Hall–Kier alpha value is -1.44. The molecule has 6 nitrogen and oxygen atoms in total. The predicted octanol–water partition coefficient (Wildman–Crippen LogP) is 1.54. The summed E-state index contributed by atoms with van der Waals surface area (Å²) < 4.78 is 27.1. The SMILES string of the molecule is CCC(C)(C)NC(=O)c1cccc(S(=O)(=O)N2CCN(C)CC2)c1. The highest BCUT2D eigenvalue weighted by molar-refractivity contribution is 7.89. The Kier molecular flexibility index (Phi) is 5.67. The number of likely N-dealkylation sites (N-methyl/N-ethyl adjacent to an activating group) is 1. The third-order valence-electron chi connectivity index (χ3n) is 4.53. The Labute approximate surface area is 144 Å². The molecule has 0 aliphatic carbocycles. The monoisotopic (exact) mass is 353 g/mol. The van der Waals surface area contributed by atoms with Gasteiger partial charge in [-0.2, -0.15) is 4.31 Å². The molecule has 1 amide bonds. The first-order valence-electron chi connectivity index (χ1n) is 8.27. The fraction of sp³-hybridized carbons (Fsp3) is 0.588. The molecule has 0 atom stereocenters. The molecule has 0 spiro atoms. The van der Waals surface area contributed by atoms with E-state index in [2.05, 4.69) is 10.2 Å². The topological polar surface area (TPSA) is 69.7 Å². The van der Waals surface area contributed by atoms with E-state index >= 15 is 0 Å². The maximum Gasteiger partial charge on any atom is 0.251 e. The molecule has 1 N–H and O–H groups in total. The third-order valence-corrected chi connectivity index (χ3v) is 6.43. The number of hydrogen-bond acceptors (Lipinski definition) is 4. The highest BCUT2D eigenvalue weighted by Crippen LogP contribution is 2.19. The number of rotatable bonds is 5. The van der Waals surface area contributed by atoms with E-state index in [0.29, 0.717) is 31.7 Å². The molecule has 1 heterocycles. The predicted molar refractivity (Wildman–Crippen MR) is 94.5 cm³/mol. The van der Waals surface area contributed by atoms with Crippen molar-refractivity contribution in [1.29, 1.82) is 0 Å². The second-order valence-corrected chi connectivity index (χ2v) is 8.86. The number of nitrogens with zero attached hydrogens (tertiary/aromatic N) is 2. The fourth-order valence-corrected chi connectivity index (χ4v) is 3.91. The summed E-state index contributed by atoms with van der Waals surface area (Å²) in [5.41, 5.74) is 0.0374. The lowest BCUT2D eigenvalue weighted by molar-refractivity contribution is 0.0911. The van der Waals surface area contributed by atoms with Crippen molar-refractivity contribution in [1.82, 2.24) is 14.5 Å². The lowest BCUT2D eigenvalue weighted by Crippen LogP contribution is -2.47. The van der Waals surface area contributed by atoms with Gasteiger partial charge >= 0.3 is 0 Å². The van der Waals surface area contributed by atoms with E-state index in [0.717, 1.165) is 6.42 Å². The van der Waals surface area contributed by atoms with Crippen LogP contribution in [-0.2, 0) is 10.0 Å². The van der Waals surface area contributed by atoms with Crippen LogP contribution >= 0.6 is 0 Å². The normalized spacial score (nSPS) is 17.7. The standard InChI is InChI=1S/C17H27N3O3S/c1-5-17(2,3)18-16(21)14-7-6-8-15(13-14)24(22,23)20-11-9-19(4)10-12-20/h6-8,13H,5,9-12H2,1-4H3,(H,18,21). The average Bonchev–Trinajstić information content (AvgIpc) is 2.55. The molecule has 24 heavy (non-hydrogen) atoms. The number of sulfonamides is 1. The molecule has 1 aromatic rings. The first-order valence-corrected chi connectivity index (χ1v) is 9.71. The summed E-state index contributed by atoms with van der Waals surface area (Å²) in [4.78, 5) is 14.7. The van der Waals surface area contributed by atoms with E-state index < -0.39 is 10.0 Å². The van der Waals surface area contributed by atoms with Crippen LogP contribution in [0.5, 0.6) is 0 Å². The number of hydrogen-bond donors (Lipinski definition) is 1. The molecular weight excluding hydrogens is 326 g/mol. The van der Waals surface area contributed by atoms with Crippen LogP contribution in [-0.4, -0.2) is 62.3 Å². The Balaban J connectivity index is 2.22. The van der Waals surface area contributed by atoms with Crippen molar-refractivity contribution >= 4 is 15.9 Å². The van der Waals surface area contributed by atoms with Crippen molar-refractivity contribution in [2.45, 2.75) is 37.6 Å². The van der Waals surface area contributed by atoms with Gasteiger partial charge in [0.25, 0.3) is 5.91 Å². The minimum atomic E-state index is -3.56. The van der Waals surface area contributed by atoms with Gasteiger partial charge in [0, 0.05) is 37.3 Å². The molecule has 1 aliphatic rings. The molecule has 134 valence electrons. The summed E-state index contributed by atoms with van der Waals surface area (Å²) in [5.74, 6) is -0.253. The van der Waals surface area contributed by atoms with Gasteiger partial charge in [-0.1, -0.05) is 13.0 Å². The van der Waals surface area contributed by atoms with E-state index in [1.54, 1.807) is 18.2 Å². The van der Waals surface area contributed by atoms with Crippen LogP contribution in [0.3, 0.4) is 0 Å². The van der Waals surface area contributed by atoms with E-state index in [4.69, 9.17) is 0 Å². The van der Waals surface area contributed by atoms with Crippen molar-refractivity contribution < 1.29 is 13.2 Å². The number of benzene rings is 1. The Morgan fingerprint density at radius 1 is 1.21 bits per heavy atom. The number of amides is 1. The first-order chi connectivity index (χ1) is 11.2. The number of nitrogens with one attached hydrogen (secondary N) is 1. The van der Waals surface area contributed by atoms with Crippen LogP contribution in [0, 0.1) is 0 Å². The van der Waals surface area contributed by atoms with Gasteiger partial charge in [-0.05, 0) is 45.5 Å².